The van der Waals surface area contributed by atoms with Gasteiger partial charge < -0.3 is 4.74 Å². The third-order valence-electron chi connectivity index (χ3n) is 5.37. The van der Waals surface area contributed by atoms with Crippen LogP contribution in [0.3, 0.4) is 0 Å². The number of aryl methyl sites for hydroxylation is 1. The Bertz CT molecular complexity index is 933. The van der Waals surface area contributed by atoms with Crippen LogP contribution < -0.4 is 4.74 Å². The minimum atomic E-state index is -0.371. The summed E-state index contributed by atoms with van der Waals surface area (Å²) in [7, 11) is 0. The normalized spacial score (nSPS) is 11.4. The van der Waals surface area contributed by atoms with Crippen LogP contribution in [0, 0.1) is 11.6 Å². The van der Waals surface area contributed by atoms with Gasteiger partial charge in [0.25, 0.3) is 0 Å². The molecule has 0 aromatic heterocycles. The van der Waals surface area contributed by atoms with Crippen molar-refractivity contribution in [3.8, 4) is 5.75 Å². The molecule has 1 nitrogen and oxygen atoms in total. The Hall–Kier alpha value is -2.16. The molecule has 0 N–H and O–H groups in total. The van der Waals surface area contributed by atoms with Crippen LogP contribution in [0.2, 0.25) is 0 Å². The van der Waals surface area contributed by atoms with Crippen molar-refractivity contribution in [2.24, 2.45) is 0 Å². The van der Waals surface area contributed by atoms with Crippen molar-refractivity contribution >= 4 is 21.5 Å². The maximum absolute atomic E-state index is 15.1. The van der Waals surface area contributed by atoms with Crippen molar-refractivity contribution < 1.29 is 13.5 Å². The molecule has 3 aromatic rings. The van der Waals surface area contributed by atoms with E-state index in [0.29, 0.717) is 17.4 Å². The third kappa shape index (κ3) is 4.45. The molecule has 0 aliphatic rings. The molecule has 0 unspecified atom stereocenters. The molecule has 0 radical (unpaired) electrons. The highest BCUT2D eigenvalue weighted by Gasteiger charge is 2.14. The summed E-state index contributed by atoms with van der Waals surface area (Å²) < 4.78 is 35.3. The molecular weight excluding hydrogens is 354 g/mol. The Balaban J connectivity index is 1.84. The average Bonchev–Trinajstić information content (AvgIpc) is 2.71. The summed E-state index contributed by atoms with van der Waals surface area (Å²) in [5.41, 5.74) is 0.755. The first kappa shape index (κ1) is 20.6. The second-order valence-electron chi connectivity index (χ2n) is 7.54. The molecule has 0 aliphatic heterocycles. The van der Waals surface area contributed by atoms with Gasteiger partial charge in [0.1, 0.15) is 5.82 Å². The van der Waals surface area contributed by atoms with Crippen LogP contribution in [0.4, 0.5) is 8.78 Å². The first-order chi connectivity index (χ1) is 13.7. The van der Waals surface area contributed by atoms with E-state index in [9.17, 15) is 4.39 Å². The predicted octanol–water partition coefficient (Wildman–Crippen LogP) is 7.96. The van der Waals surface area contributed by atoms with Crippen LogP contribution in [-0.2, 0) is 6.42 Å². The van der Waals surface area contributed by atoms with Gasteiger partial charge in [0.05, 0.1) is 6.61 Å². The zero-order valence-electron chi connectivity index (χ0n) is 17.0. The Morgan fingerprint density at radius 2 is 1.25 bits per heavy atom. The van der Waals surface area contributed by atoms with Crippen LogP contribution >= 0.6 is 0 Å². The Morgan fingerprint density at radius 1 is 0.643 bits per heavy atom. The molecule has 0 saturated carbocycles. The van der Waals surface area contributed by atoms with Gasteiger partial charge in [-0.25, -0.2) is 8.78 Å². The minimum absolute atomic E-state index is 0.167. The molecule has 3 rings (SSSR count). The van der Waals surface area contributed by atoms with E-state index in [-0.39, 0.29) is 17.4 Å². The van der Waals surface area contributed by atoms with Crippen molar-refractivity contribution in [2.75, 3.05) is 6.61 Å². The molecule has 0 amide bonds. The molecule has 0 saturated heterocycles. The maximum atomic E-state index is 15.1. The molecular formula is C25H30F2O. The zero-order valence-corrected chi connectivity index (χ0v) is 17.0. The van der Waals surface area contributed by atoms with Gasteiger partial charge in [0, 0.05) is 10.8 Å². The quantitative estimate of drug-likeness (QED) is 0.254. The van der Waals surface area contributed by atoms with E-state index in [1.54, 1.807) is 18.2 Å². The summed E-state index contributed by atoms with van der Waals surface area (Å²) in [6.07, 6.45) is 8.71. The van der Waals surface area contributed by atoms with Crippen LogP contribution in [0.15, 0.2) is 36.4 Å². The number of unbranched alkanes of at least 4 members (excludes halogenated alkanes) is 5. The lowest BCUT2D eigenvalue weighted by atomic mass is 9.97. The van der Waals surface area contributed by atoms with Gasteiger partial charge in [-0.15, -0.1) is 0 Å². The summed E-state index contributed by atoms with van der Waals surface area (Å²) >= 11 is 0. The lowest BCUT2D eigenvalue weighted by Gasteiger charge is -2.12. The Morgan fingerprint density at radius 3 is 1.96 bits per heavy atom. The standard InChI is InChI=1S/C25H30F2O/c1-3-5-6-7-8-9-10-18-11-12-19-20-15-16-23(28-17-4-2)25(27)22(20)14-13-21(19)24(18)26/h11-16H,3-10,17H2,1-2H3. The fourth-order valence-electron chi connectivity index (χ4n) is 3.79. The third-order valence-corrected chi connectivity index (χ3v) is 5.37. The van der Waals surface area contributed by atoms with E-state index in [0.717, 1.165) is 42.0 Å². The Kier molecular flexibility index (Phi) is 7.24. The highest BCUT2D eigenvalue weighted by molar-refractivity contribution is 6.08. The number of hydrogen-bond donors (Lipinski definition) is 0. The molecule has 3 aromatic carbocycles. The van der Waals surface area contributed by atoms with E-state index >= 15 is 4.39 Å². The van der Waals surface area contributed by atoms with Gasteiger partial charge in [-0.1, -0.05) is 70.2 Å². The lowest BCUT2D eigenvalue weighted by Crippen LogP contribution is -1.98. The number of ether oxygens (including phenoxy) is 1. The number of fused-ring (bicyclic) bond motifs is 3. The fraction of sp³-hybridized carbons (Fsp3) is 0.440. The van der Waals surface area contributed by atoms with Crippen LogP contribution in [0.25, 0.3) is 21.5 Å². The van der Waals surface area contributed by atoms with Gasteiger partial charge in [-0.05, 0) is 47.7 Å². The number of hydrogen-bond acceptors (Lipinski definition) is 1. The predicted molar refractivity (Wildman–Crippen MR) is 114 cm³/mol. The van der Waals surface area contributed by atoms with E-state index in [2.05, 4.69) is 6.92 Å². The SMILES string of the molecule is CCCCCCCCc1ccc2c(ccc3c(F)c(OCCC)ccc32)c1F. The summed E-state index contributed by atoms with van der Waals surface area (Å²) in [6, 6.07) is 10.6. The second kappa shape index (κ2) is 9.86. The van der Waals surface area contributed by atoms with Gasteiger partial charge in [0.15, 0.2) is 11.6 Å². The van der Waals surface area contributed by atoms with Gasteiger partial charge in [-0.2, -0.15) is 0 Å². The molecule has 0 heterocycles. The lowest BCUT2D eigenvalue weighted by molar-refractivity contribution is 0.302. The summed E-state index contributed by atoms with van der Waals surface area (Å²) in [5.74, 6) is -0.280. The molecule has 28 heavy (non-hydrogen) atoms. The highest BCUT2D eigenvalue weighted by Crippen LogP contribution is 2.34. The fourth-order valence-corrected chi connectivity index (χ4v) is 3.79. The number of benzene rings is 3. The van der Waals surface area contributed by atoms with E-state index in [4.69, 9.17) is 4.74 Å². The van der Waals surface area contributed by atoms with Gasteiger partial charge in [0.2, 0.25) is 0 Å². The van der Waals surface area contributed by atoms with E-state index < -0.39 is 0 Å². The molecule has 0 atom stereocenters. The van der Waals surface area contributed by atoms with Crippen LogP contribution in [0.5, 0.6) is 5.75 Å². The monoisotopic (exact) mass is 384 g/mol. The average molecular weight is 385 g/mol. The first-order valence-electron chi connectivity index (χ1n) is 10.6. The van der Waals surface area contributed by atoms with Crippen molar-refractivity contribution in [3.63, 3.8) is 0 Å². The smallest absolute Gasteiger partial charge is 0.172 e. The highest BCUT2D eigenvalue weighted by atomic mass is 19.1. The van der Waals surface area contributed by atoms with Crippen LogP contribution in [-0.4, -0.2) is 6.61 Å². The first-order valence-corrected chi connectivity index (χ1v) is 10.6. The minimum Gasteiger partial charge on any atom is -0.491 e. The Labute approximate surface area is 166 Å². The molecule has 0 aliphatic carbocycles. The molecule has 150 valence electrons. The summed E-state index contributed by atoms with van der Waals surface area (Å²) in [4.78, 5) is 0. The van der Waals surface area contributed by atoms with E-state index in [1.165, 1.54) is 25.7 Å². The summed E-state index contributed by atoms with van der Waals surface area (Å²) in [5, 5.41) is 2.52. The van der Waals surface area contributed by atoms with Crippen molar-refractivity contribution in [1.82, 2.24) is 0 Å². The van der Waals surface area contributed by atoms with Crippen LogP contribution in [0.1, 0.15) is 64.4 Å². The van der Waals surface area contributed by atoms with Crippen molar-refractivity contribution in [2.45, 2.75) is 65.2 Å². The van der Waals surface area contributed by atoms with Gasteiger partial charge >= 0.3 is 0 Å². The molecule has 0 bridgehead atoms. The molecule has 3 heteroatoms. The summed E-state index contributed by atoms with van der Waals surface area (Å²) in [6.45, 7) is 4.67. The number of halogens is 2. The molecule has 0 spiro atoms. The second-order valence-corrected chi connectivity index (χ2v) is 7.54. The van der Waals surface area contributed by atoms with Crippen molar-refractivity contribution in [1.29, 1.82) is 0 Å². The van der Waals surface area contributed by atoms with E-state index in [1.807, 2.05) is 25.1 Å². The molecule has 0 fully saturated rings. The van der Waals surface area contributed by atoms with Gasteiger partial charge in [-0.3, -0.25) is 0 Å². The number of rotatable bonds is 10. The zero-order chi connectivity index (χ0) is 19.9. The largest absolute Gasteiger partial charge is 0.491 e. The maximum Gasteiger partial charge on any atom is 0.172 e. The topological polar surface area (TPSA) is 9.23 Å². The van der Waals surface area contributed by atoms with Crippen molar-refractivity contribution in [3.05, 3.63) is 53.6 Å².